The van der Waals surface area contributed by atoms with E-state index in [1.165, 1.54) is 24.3 Å². The van der Waals surface area contributed by atoms with Gasteiger partial charge in [-0.2, -0.15) is 5.10 Å². The smallest absolute Gasteiger partial charge is 0.341 e. The third-order valence-electron chi connectivity index (χ3n) is 3.78. The normalized spacial score (nSPS) is 10.4. The van der Waals surface area contributed by atoms with Gasteiger partial charge in [-0.15, -0.1) is 11.3 Å². The minimum absolute atomic E-state index is 0.0512. The van der Waals surface area contributed by atoms with Crippen LogP contribution in [0, 0.1) is 10.1 Å². The number of hydrogen-bond acceptors (Lipinski definition) is 8. The molecule has 0 spiro atoms. The molecule has 10 nitrogen and oxygen atoms in total. The molecule has 0 unspecified atom stereocenters. The number of anilines is 1. The van der Waals surface area contributed by atoms with E-state index in [0.29, 0.717) is 11.1 Å². The van der Waals surface area contributed by atoms with Crippen LogP contribution in [0.5, 0.6) is 0 Å². The highest BCUT2D eigenvalue weighted by molar-refractivity contribution is 7.15. The maximum absolute atomic E-state index is 12.5. The van der Waals surface area contributed by atoms with E-state index in [4.69, 9.17) is 4.74 Å². The summed E-state index contributed by atoms with van der Waals surface area (Å²) in [7, 11) is 0. The van der Waals surface area contributed by atoms with Crippen molar-refractivity contribution in [3.63, 3.8) is 0 Å². The number of rotatable bonds is 6. The number of hydrogen-bond donors (Lipinski definition) is 2. The highest BCUT2D eigenvalue weighted by Crippen LogP contribution is 2.37. The Kier molecular flexibility index (Phi) is 5.79. The van der Waals surface area contributed by atoms with Gasteiger partial charge in [-0.25, -0.2) is 9.89 Å². The van der Waals surface area contributed by atoms with E-state index in [1.54, 1.807) is 18.4 Å². The van der Waals surface area contributed by atoms with Crippen molar-refractivity contribution in [2.45, 2.75) is 6.92 Å². The molecular weight excluding hydrogens is 400 g/mol. The molecule has 2 aromatic heterocycles. The van der Waals surface area contributed by atoms with Crippen LogP contribution < -0.4 is 10.9 Å². The molecule has 3 aromatic rings. The van der Waals surface area contributed by atoms with Crippen molar-refractivity contribution in [3.8, 4) is 11.1 Å². The fourth-order valence-corrected chi connectivity index (χ4v) is 3.45. The number of nitrogens with one attached hydrogen (secondary N) is 2. The number of amides is 1. The van der Waals surface area contributed by atoms with Gasteiger partial charge in [0.05, 0.1) is 11.5 Å². The summed E-state index contributed by atoms with van der Waals surface area (Å²) in [4.78, 5) is 46.6. The maximum Gasteiger partial charge on any atom is 0.341 e. The number of thiophene rings is 1. The van der Waals surface area contributed by atoms with Gasteiger partial charge in [-0.3, -0.25) is 19.7 Å². The topological polar surface area (TPSA) is 144 Å². The van der Waals surface area contributed by atoms with Crippen LogP contribution in [-0.4, -0.2) is 33.6 Å². The molecule has 0 saturated heterocycles. The van der Waals surface area contributed by atoms with E-state index in [9.17, 15) is 24.5 Å². The van der Waals surface area contributed by atoms with Crippen LogP contribution in [0.25, 0.3) is 11.1 Å². The van der Waals surface area contributed by atoms with Gasteiger partial charge in [0.25, 0.3) is 17.2 Å². The fourth-order valence-electron chi connectivity index (χ4n) is 2.49. The summed E-state index contributed by atoms with van der Waals surface area (Å²) in [5, 5.41) is 21.2. The molecule has 0 saturated carbocycles. The summed E-state index contributed by atoms with van der Waals surface area (Å²) in [6.45, 7) is 1.75. The molecule has 0 aliphatic heterocycles. The lowest BCUT2D eigenvalue weighted by atomic mass is 10.0. The van der Waals surface area contributed by atoms with Crippen molar-refractivity contribution in [2.24, 2.45) is 0 Å². The molecule has 148 valence electrons. The van der Waals surface area contributed by atoms with Crippen molar-refractivity contribution < 1.29 is 19.2 Å². The van der Waals surface area contributed by atoms with Gasteiger partial charge < -0.3 is 10.1 Å². The molecule has 2 N–H and O–H groups in total. The highest BCUT2D eigenvalue weighted by Gasteiger charge is 2.24. The van der Waals surface area contributed by atoms with E-state index in [0.717, 1.165) is 17.4 Å². The monoisotopic (exact) mass is 414 g/mol. The lowest BCUT2D eigenvalue weighted by Crippen LogP contribution is -2.18. The largest absolute Gasteiger partial charge is 0.462 e. The van der Waals surface area contributed by atoms with Crippen molar-refractivity contribution in [1.82, 2.24) is 10.2 Å². The first-order valence-corrected chi connectivity index (χ1v) is 9.19. The number of carbonyl (C=O) groups is 2. The van der Waals surface area contributed by atoms with Crippen molar-refractivity contribution in [3.05, 3.63) is 73.5 Å². The Bertz CT molecular complexity index is 1130. The molecule has 0 aliphatic carbocycles. The number of ether oxygens (including phenoxy) is 1. The van der Waals surface area contributed by atoms with Crippen LogP contribution in [0.15, 0.2) is 46.6 Å². The first-order valence-electron chi connectivity index (χ1n) is 8.31. The predicted octanol–water partition coefficient (Wildman–Crippen LogP) is 2.84. The third-order valence-corrected chi connectivity index (χ3v) is 4.67. The Morgan fingerprint density at radius 2 is 2.10 bits per heavy atom. The molecule has 2 heterocycles. The van der Waals surface area contributed by atoms with Gasteiger partial charge in [0, 0.05) is 29.1 Å². The van der Waals surface area contributed by atoms with E-state index in [1.807, 2.05) is 0 Å². The summed E-state index contributed by atoms with van der Waals surface area (Å²) in [5.74, 6) is -1.32. The highest BCUT2D eigenvalue weighted by atomic mass is 32.1. The zero-order chi connectivity index (χ0) is 21.0. The van der Waals surface area contributed by atoms with Crippen molar-refractivity contribution >= 4 is 33.9 Å². The number of esters is 1. The van der Waals surface area contributed by atoms with Gasteiger partial charge in [0.1, 0.15) is 16.3 Å². The van der Waals surface area contributed by atoms with Crippen LogP contribution >= 0.6 is 11.3 Å². The number of non-ortho nitro benzene ring substituents is 1. The SMILES string of the molecule is CCOC(=O)c1c(-c2cccc([N+](=O)[O-])c2)csc1NC(=O)c1ccc(=O)[nH]n1. The second-order valence-corrected chi connectivity index (χ2v) is 6.52. The average molecular weight is 414 g/mol. The Hall–Kier alpha value is -3.86. The number of aromatic nitrogens is 2. The Morgan fingerprint density at radius 3 is 2.76 bits per heavy atom. The van der Waals surface area contributed by atoms with Gasteiger partial charge >= 0.3 is 5.97 Å². The molecule has 0 radical (unpaired) electrons. The molecule has 11 heteroatoms. The molecule has 0 aliphatic rings. The van der Waals surface area contributed by atoms with E-state index in [-0.39, 0.29) is 28.6 Å². The minimum Gasteiger partial charge on any atom is -0.462 e. The Labute approximate surface area is 167 Å². The maximum atomic E-state index is 12.5. The molecule has 1 aromatic carbocycles. The van der Waals surface area contributed by atoms with Crippen molar-refractivity contribution in [2.75, 3.05) is 11.9 Å². The summed E-state index contributed by atoms with van der Waals surface area (Å²) >= 11 is 1.06. The van der Waals surface area contributed by atoms with Crippen LogP contribution in [0.4, 0.5) is 10.7 Å². The Balaban J connectivity index is 2.02. The molecular formula is C18H14N4O6S. The first kappa shape index (κ1) is 19.9. The second-order valence-electron chi connectivity index (χ2n) is 5.64. The van der Waals surface area contributed by atoms with Gasteiger partial charge in [-0.1, -0.05) is 12.1 Å². The quantitative estimate of drug-likeness (QED) is 0.358. The van der Waals surface area contributed by atoms with Crippen molar-refractivity contribution in [1.29, 1.82) is 0 Å². The summed E-state index contributed by atoms with van der Waals surface area (Å²) in [6, 6.07) is 8.18. The molecule has 29 heavy (non-hydrogen) atoms. The summed E-state index contributed by atoms with van der Waals surface area (Å²) in [6.07, 6.45) is 0. The van der Waals surface area contributed by atoms with Gasteiger partial charge in [0.2, 0.25) is 0 Å². The lowest BCUT2D eigenvalue weighted by Gasteiger charge is -2.08. The van der Waals surface area contributed by atoms with Gasteiger partial charge in [0.15, 0.2) is 0 Å². The second kappa shape index (κ2) is 8.44. The molecule has 0 atom stereocenters. The predicted molar refractivity (Wildman–Crippen MR) is 105 cm³/mol. The third kappa shape index (κ3) is 4.35. The lowest BCUT2D eigenvalue weighted by molar-refractivity contribution is -0.384. The zero-order valence-electron chi connectivity index (χ0n) is 15.0. The van der Waals surface area contributed by atoms with Gasteiger partial charge in [-0.05, 0) is 18.6 Å². The minimum atomic E-state index is -0.681. The van der Waals surface area contributed by atoms with E-state index < -0.39 is 22.4 Å². The van der Waals surface area contributed by atoms with E-state index >= 15 is 0 Å². The number of nitrogens with zero attached hydrogens (tertiary/aromatic N) is 2. The number of nitro groups is 1. The number of aromatic amines is 1. The molecule has 3 rings (SSSR count). The molecule has 0 fully saturated rings. The number of benzene rings is 1. The van der Waals surface area contributed by atoms with E-state index in [2.05, 4.69) is 15.5 Å². The first-order chi connectivity index (χ1) is 13.9. The number of H-pyrrole nitrogens is 1. The number of carbonyl (C=O) groups excluding carboxylic acids is 2. The van der Waals surface area contributed by atoms with Crippen LogP contribution in [0.2, 0.25) is 0 Å². The average Bonchev–Trinajstić information content (AvgIpc) is 3.12. The molecule has 1 amide bonds. The number of nitro benzene ring substituents is 1. The summed E-state index contributed by atoms with van der Waals surface area (Å²) in [5.41, 5.74) is 0.257. The van der Waals surface area contributed by atoms with Crippen LogP contribution in [-0.2, 0) is 4.74 Å². The molecule has 0 bridgehead atoms. The Morgan fingerprint density at radius 1 is 1.31 bits per heavy atom. The summed E-state index contributed by atoms with van der Waals surface area (Å²) < 4.78 is 5.09. The van der Waals surface area contributed by atoms with Crippen LogP contribution in [0.3, 0.4) is 0 Å². The van der Waals surface area contributed by atoms with Crippen LogP contribution in [0.1, 0.15) is 27.8 Å². The fraction of sp³-hybridized carbons (Fsp3) is 0.111. The standard InChI is InChI=1S/C18H14N4O6S/c1-2-28-18(25)15-12(10-4-3-5-11(8-10)22(26)27)9-29-17(15)19-16(24)13-6-7-14(23)21-20-13/h3-9H,2H2,1H3,(H,19,24)(H,21,23). The zero-order valence-corrected chi connectivity index (χ0v) is 15.8.